The quantitative estimate of drug-likeness (QED) is 0.592. The molecule has 0 radical (unpaired) electrons. The molecule has 3 N–H and O–H groups in total. The van der Waals surface area contributed by atoms with Gasteiger partial charge in [0, 0.05) is 18.8 Å². The zero-order valence-electron chi connectivity index (χ0n) is 16.4. The largest absolute Gasteiger partial charge is 0.349 e. The molecule has 29 heavy (non-hydrogen) atoms. The molecule has 0 bridgehead atoms. The number of nitrogens with two attached hydrogens (primary N) is 1. The molecule has 2 heterocycles. The van der Waals surface area contributed by atoms with Gasteiger partial charge in [0.2, 0.25) is 0 Å². The Labute approximate surface area is 182 Å². The van der Waals surface area contributed by atoms with E-state index in [-0.39, 0.29) is 42.5 Å². The molecule has 1 amide bonds. The minimum absolute atomic E-state index is 0. The number of pyridine rings is 1. The van der Waals surface area contributed by atoms with Crippen LogP contribution in [0.4, 0.5) is 0 Å². The molecule has 0 saturated carbocycles. The third kappa shape index (κ3) is 6.81. The molecule has 2 aromatic heterocycles. The van der Waals surface area contributed by atoms with Gasteiger partial charge in [-0.1, -0.05) is 49.4 Å². The van der Waals surface area contributed by atoms with Crippen LogP contribution in [0.25, 0.3) is 0 Å². The van der Waals surface area contributed by atoms with Crippen LogP contribution < -0.4 is 11.1 Å². The molecular weight excluding hydrogens is 411 g/mol. The Morgan fingerprint density at radius 3 is 2.41 bits per heavy atom. The first-order valence-corrected chi connectivity index (χ1v) is 8.96. The van der Waals surface area contributed by atoms with Crippen LogP contribution in [-0.4, -0.2) is 32.4 Å². The Morgan fingerprint density at radius 2 is 1.79 bits per heavy atom. The number of nitrogens with zero attached hydrogens (tertiary/aromatic N) is 4. The standard InChI is InChI=1S/C20H24N6O.2ClH/c1-14(2)15-6-8-16(9-7-15)18(21)11-23-20(27)19-13-26(25-24-19)12-17-5-3-4-10-22-17;;/h3-10,13-14,18H,11-12,21H2,1-2H3,(H,23,27);2*1H. The van der Waals surface area contributed by atoms with Crippen LogP contribution in [0.3, 0.4) is 0 Å². The van der Waals surface area contributed by atoms with E-state index in [0.717, 1.165) is 11.3 Å². The molecule has 0 aliphatic heterocycles. The van der Waals surface area contributed by atoms with Crippen molar-refractivity contribution < 1.29 is 4.79 Å². The molecule has 9 heteroatoms. The van der Waals surface area contributed by atoms with E-state index in [1.165, 1.54) is 5.56 Å². The van der Waals surface area contributed by atoms with Gasteiger partial charge in [-0.15, -0.1) is 29.9 Å². The molecule has 3 aromatic rings. The summed E-state index contributed by atoms with van der Waals surface area (Å²) < 4.78 is 1.59. The van der Waals surface area contributed by atoms with Gasteiger partial charge in [-0.3, -0.25) is 9.78 Å². The Morgan fingerprint density at radius 1 is 1.10 bits per heavy atom. The van der Waals surface area contributed by atoms with E-state index in [0.29, 0.717) is 19.0 Å². The van der Waals surface area contributed by atoms with Crippen molar-refractivity contribution in [1.82, 2.24) is 25.3 Å². The number of carbonyl (C=O) groups excluding carboxylic acids is 1. The van der Waals surface area contributed by atoms with Gasteiger partial charge in [0.25, 0.3) is 5.91 Å². The molecule has 1 atom stereocenters. The van der Waals surface area contributed by atoms with Crippen molar-refractivity contribution in [1.29, 1.82) is 0 Å². The molecule has 0 fully saturated rings. The minimum atomic E-state index is -0.295. The van der Waals surface area contributed by atoms with Gasteiger partial charge in [0.1, 0.15) is 0 Å². The summed E-state index contributed by atoms with van der Waals surface area (Å²) in [7, 11) is 0. The third-order valence-electron chi connectivity index (χ3n) is 4.34. The van der Waals surface area contributed by atoms with Gasteiger partial charge >= 0.3 is 0 Å². The summed E-state index contributed by atoms with van der Waals surface area (Å²) >= 11 is 0. The van der Waals surface area contributed by atoms with Crippen molar-refractivity contribution in [3.63, 3.8) is 0 Å². The zero-order chi connectivity index (χ0) is 19.2. The molecule has 0 spiro atoms. The van der Waals surface area contributed by atoms with E-state index in [4.69, 9.17) is 5.73 Å². The molecule has 0 aliphatic carbocycles. The van der Waals surface area contributed by atoms with Crippen molar-refractivity contribution in [3.8, 4) is 0 Å². The van der Waals surface area contributed by atoms with Gasteiger partial charge in [-0.05, 0) is 29.2 Å². The molecule has 1 unspecified atom stereocenters. The number of carbonyl (C=O) groups is 1. The van der Waals surface area contributed by atoms with E-state index < -0.39 is 0 Å². The lowest BCUT2D eigenvalue weighted by Gasteiger charge is -2.14. The maximum Gasteiger partial charge on any atom is 0.273 e. The summed E-state index contributed by atoms with van der Waals surface area (Å²) in [4.78, 5) is 16.5. The summed E-state index contributed by atoms with van der Waals surface area (Å²) in [5.41, 5.74) is 9.54. The Kier molecular flexibility index (Phi) is 9.74. The predicted molar refractivity (Wildman–Crippen MR) is 118 cm³/mol. The lowest BCUT2D eigenvalue weighted by atomic mass is 9.99. The lowest BCUT2D eigenvalue weighted by molar-refractivity contribution is 0.0946. The molecule has 7 nitrogen and oxygen atoms in total. The fourth-order valence-electron chi connectivity index (χ4n) is 2.68. The molecule has 1 aromatic carbocycles. The maximum absolute atomic E-state index is 12.3. The summed E-state index contributed by atoms with van der Waals surface area (Å²) in [5, 5.41) is 10.7. The molecular formula is C20H26Cl2N6O. The molecule has 0 saturated heterocycles. The van der Waals surface area contributed by atoms with Gasteiger partial charge in [0.05, 0.1) is 18.4 Å². The summed E-state index contributed by atoms with van der Waals surface area (Å²) in [6.45, 7) is 5.09. The van der Waals surface area contributed by atoms with Crippen LogP contribution in [0, 0.1) is 0 Å². The van der Waals surface area contributed by atoms with Crippen LogP contribution in [0.1, 0.15) is 53.1 Å². The second-order valence-corrected chi connectivity index (χ2v) is 6.76. The number of rotatable bonds is 7. The number of nitrogens with one attached hydrogen (secondary N) is 1. The third-order valence-corrected chi connectivity index (χ3v) is 4.34. The van der Waals surface area contributed by atoms with Crippen molar-refractivity contribution in [2.45, 2.75) is 32.4 Å². The highest BCUT2D eigenvalue weighted by atomic mass is 35.5. The van der Waals surface area contributed by atoms with E-state index in [1.807, 2.05) is 30.3 Å². The first-order chi connectivity index (χ1) is 13.0. The van der Waals surface area contributed by atoms with Crippen molar-refractivity contribution in [2.75, 3.05) is 6.54 Å². The second kappa shape index (κ2) is 11.5. The smallest absolute Gasteiger partial charge is 0.273 e. The number of aromatic nitrogens is 4. The Balaban J connectivity index is 0.00000210. The highest BCUT2D eigenvalue weighted by molar-refractivity contribution is 5.91. The van der Waals surface area contributed by atoms with Crippen LogP contribution >= 0.6 is 24.8 Å². The monoisotopic (exact) mass is 436 g/mol. The van der Waals surface area contributed by atoms with E-state index in [2.05, 4.69) is 46.6 Å². The van der Waals surface area contributed by atoms with E-state index in [9.17, 15) is 4.79 Å². The van der Waals surface area contributed by atoms with Crippen LogP contribution in [0.2, 0.25) is 0 Å². The van der Waals surface area contributed by atoms with E-state index in [1.54, 1.807) is 17.1 Å². The van der Waals surface area contributed by atoms with Crippen LogP contribution in [0.5, 0.6) is 0 Å². The average molecular weight is 437 g/mol. The first kappa shape index (κ1) is 24.6. The topological polar surface area (TPSA) is 98.7 Å². The molecule has 0 aliphatic rings. The second-order valence-electron chi connectivity index (χ2n) is 6.76. The fourth-order valence-corrected chi connectivity index (χ4v) is 2.68. The first-order valence-electron chi connectivity index (χ1n) is 8.96. The average Bonchev–Trinajstić information content (AvgIpc) is 3.15. The number of benzene rings is 1. The molecule has 3 rings (SSSR count). The highest BCUT2D eigenvalue weighted by Crippen LogP contribution is 2.17. The minimum Gasteiger partial charge on any atom is -0.349 e. The van der Waals surface area contributed by atoms with Crippen molar-refractivity contribution >= 4 is 30.7 Å². The van der Waals surface area contributed by atoms with Gasteiger partial charge in [-0.25, -0.2) is 4.68 Å². The van der Waals surface area contributed by atoms with Crippen LogP contribution in [0.15, 0.2) is 54.9 Å². The number of hydrogen-bond acceptors (Lipinski definition) is 5. The van der Waals surface area contributed by atoms with Gasteiger partial charge < -0.3 is 11.1 Å². The van der Waals surface area contributed by atoms with E-state index >= 15 is 0 Å². The van der Waals surface area contributed by atoms with Crippen LogP contribution in [-0.2, 0) is 6.54 Å². The number of amides is 1. The van der Waals surface area contributed by atoms with Crippen molar-refractivity contribution in [3.05, 3.63) is 77.4 Å². The van der Waals surface area contributed by atoms with Gasteiger partial charge in [-0.2, -0.15) is 0 Å². The predicted octanol–water partition coefficient (Wildman–Crippen LogP) is 3.12. The number of hydrogen-bond donors (Lipinski definition) is 2. The van der Waals surface area contributed by atoms with Crippen molar-refractivity contribution in [2.24, 2.45) is 5.73 Å². The van der Waals surface area contributed by atoms with Gasteiger partial charge in [0.15, 0.2) is 5.69 Å². The lowest BCUT2D eigenvalue weighted by Crippen LogP contribution is -2.32. The summed E-state index contributed by atoms with van der Waals surface area (Å²) in [5.74, 6) is 0.181. The number of halogens is 2. The summed E-state index contributed by atoms with van der Waals surface area (Å²) in [6.07, 6.45) is 3.32. The Bertz CT molecular complexity index is 884. The summed E-state index contributed by atoms with van der Waals surface area (Å²) in [6, 6.07) is 13.5. The Hall–Kier alpha value is -2.48. The zero-order valence-corrected chi connectivity index (χ0v) is 18.0. The maximum atomic E-state index is 12.3. The highest BCUT2D eigenvalue weighted by Gasteiger charge is 2.13. The fraction of sp³-hybridized carbons (Fsp3) is 0.300. The molecule has 156 valence electrons. The normalized spacial score (nSPS) is 11.3. The SMILES string of the molecule is CC(C)c1ccc(C(N)CNC(=O)c2cn(Cc3ccccn3)nn2)cc1.Cl.Cl.